The van der Waals surface area contributed by atoms with Crippen LogP contribution in [0.25, 0.3) is 0 Å². The van der Waals surface area contributed by atoms with Crippen LogP contribution in [0.4, 0.5) is 5.69 Å². The van der Waals surface area contributed by atoms with E-state index in [9.17, 15) is 24.3 Å². The topological polar surface area (TPSA) is 191 Å². The maximum Gasteiger partial charge on any atom is 0.303 e. The second-order valence-corrected chi connectivity index (χ2v) is 15.8. The Morgan fingerprint density at radius 3 is 2.16 bits per heavy atom. The summed E-state index contributed by atoms with van der Waals surface area (Å²) in [5.74, 6) is -2.13. The Morgan fingerprint density at radius 2 is 1.55 bits per heavy atom. The molecule has 0 aliphatic carbocycles. The highest BCUT2D eigenvalue weighted by molar-refractivity contribution is 8.01. The second kappa shape index (κ2) is 19.7. The zero-order valence-corrected chi connectivity index (χ0v) is 33.3. The van der Waals surface area contributed by atoms with E-state index in [1.807, 2.05) is 55.5 Å². The number of benzene rings is 2. The summed E-state index contributed by atoms with van der Waals surface area (Å²) in [5, 5.41) is 22.0. The van der Waals surface area contributed by atoms with Gasteiger partial charge in [0, 0.05) is 57.5 Å². The molecule has 2 aliphatic heterocycles. The van der Waals surface area contributed by atoms with E-state index in [0.717, 1.165) is 39.9 Å². The minimum absolute atomic E-state index is 0.0364. The first kappa shape index (κ1) is 42.1. The fourth-order valence-corrected chi connectivity index (χ4v) is 8.31. The zero-order valence-electron chi connectivity index (χ0n) is 30.8. The van der Waals surface area contributed by atoms with E-state index in [1.54, 1.807) is 11.8 Å². The zero-order chi connectivity index (χ0) is 39.6. The molecule has 296 valence electrons. The highest BCUT2D eigenvalue weighted by Gasteiger charge is 2.52. The molecule has 2 fully saturated rings. The molecule has 2 saturated heterocycles. The molecule has 2 N–H and O–H groups in total. The van der Waals surface area contributed by atoms with Crippen molar-refractivity contribution in [3.63, 3.8) is 0 Å². The Balaban J connectivity index is 1.34. The van der Waals surface area contributed by atoms with Crippen LogP contribution in [-0.2, 0) is 58.9 Å². The number of hydrogen-bond acceptors (Lipinski definition) is 17. The molecule has 2 aromatic carbocycles. The molecule has 0 amide bonds. The molecule has 2 aliphatic rings. The van der Waals surface area contributed by atoms with Gasteiger partial charge in [0.05, 0.1) is 23.8 Å². The SMILES string of the molecule is CC(=O)OC[C@H]1O[C@@H](CC(=S)Nc2cccc(C3O[C@H](CSc4nnc(C)s4)C[C@H](c4ccc(CO)cc4)O3)c2)[C@H](OC(C)=O)[C@@H](OC(C)=O)[C@@H]1OC(C)=O. The van der Waals surface area contributed by atoms with E-state index in [2.05, 4.69) is 15.5 Å². The first-order valence-corrected chi connectivity index (χ1v) is 19.6. The number of esters is 4. The van der Waals surface area contributed by atoms with Gasteiger partial charge >= 0.3 is 23.9 Å². The predicted octanol–water partition coefficient (Wildman–Crippen LogP) is 4.93. The fourth-order valence-electron chi connectivity index (χ4n) is 6.16. The molecule has 18 heteroatoms. The molecular weight excluding hydrogens is 775 g/mol. The second-order valence-electron chi connectivity index (χ2n) is 12.9. The van der Waals surface area contributed by atoms with Gasteiger partial charge in [0.1, 0.15) is 23.8 Å². The number of anilines is 1. The number of carbonyl (C=O) groups excluding carboxylic acids is 4. The van der Waals surface area contributed by atoms with Crippen LogP contribution in [0.15, 0.2) is 52.9 Å². The van der Waals surface area contributed by atoms with Crippen LogP contribution in [0.2, 0.25) is 0 Å². The van der Waals surface area contributed by atoms with Gasteiger partial charge in [-0.1, -0.05) is 71.7 Å². The Kier molecular flexibility index (Phi) is 15.1. The molecule has 5 rings (SSSR count). The third-order valence-corrected chi connectivity index (χ3v) is 10.8. The maximum absolute atomic E-state index is 12.3. The summed E-state index contributed by atoms with van der Waals surface area (Å²) >= 11 is 8.85. The molecule has 0 radical (unpaired) electrons. The Labute approximate surface area is 331 Å². The number of rotatable bonds is 14. The normalized spacial score (nSPS) is 25.0. The third-order valence-electron chi connectivity index (χ3n) is 8.43. The predicted molar refractivity (Wildman–Crippen MR) is 203 cm³/mol. The Morgan fingerprint density at radius 1 is 0.873 bits per heavy atom. The van der Waals surface area contributed by atoms with Crippen LogP contribution in [0, 0.1) is 6.92 Å². The van der Waals surface area contributed by atoms with E-state index >= 15 is 0 Å². The van der Waals surface area contributed by atoms with Gasteiger partial charge < -0.3 is 43.6 Å². The van der Waals surface area contributed by atoms with Gasteiger partial charge in [0.25, 0.3) is 0 Å². The highest BCUT2D eigenvalue weighted by Crippen LogP contribution is 2.40. The minimum Gasteiger partial charge on any atom is -0.463 e. The summed E-state index contributed by atoms with van der Waals surface area (Å²) in [6, 6.07) is 15.0. The fraction of sp³-hybridized carbons (Fsp3) is 0.486. The van der Waals surface area contributed by atoms with Crippen molar-refractivity contribution in [1.82, 2.24) is 10.2 Å². The van der Waals surface area contributed by atoms with Gasteiger partial charge in [0.15, 0.2) is 28.9 Å². The summed E-state index contributed by atoms with van der Waals surface area (Å²) in [5.41, 5.74) is 3.07. The Hall–Kier alpha value is -4.04. The number of hydrogen-bond donors (Lipinski definition) is 2. The van der Waals surface area contributed by atoms with E-state index in [1.165, 1.54) is 25.2 Å². The van der Waals surface area contributed by atoms with Crippen molar-refractivity contribution in [2.75, 3.05) is 17.7 Å². The number of carbonyl (C=O) groups is 4. The summed E-state index contributed by atoms with van der Waals surface area (Å²) in [7, 11) is 0. The third kappa shape index (κ3) is 12.2. The van der Waals surface area contributed by atoms with Crippen LogP contribution in [0.5, 0.6) is 0 Å². The highest BCUT2D eigenvalue weighted by atomic mass is 32.2. The number of nitrogens with one attached hydrogen (secondary N) is 1. The van der Waals surface area contributed by atoms with Gasteiger partial charge in [-0.25, -0.2) is 0 Å². The molecular formula is C37H43N3O12S3. The number of thioether (sulfide) groups is 1. The van der Waals surface area contributed by atoms with E-state index in [0.29, 0.717) is 17.9 Å². The van der Waals surface area contributed by atoms with Crippen LogP contribution in [-0.4, -0.2) is 93.2 Å². The number of aliphatic hydroxyl groups excluding tert-OH is 1. The molecule has 8 atom stereocenters. The van der Waals surface area contributed by atoms with E-state index in [-0.39, 0.29) is 36.8 Å². The molecule has 0 bridgehead atoms. The van der Waals surface area contributed by atoms with Gasteiger partial charge in [-0.05, 0) is 30.2 Å². The number of aromatic nitrogens is 2. The molecule has 55 heavy (non-hydrogen) atoms. The van der Waals surface area contributed by atoms with Crippen molar-refractivity contribution in [1.29, 1.82) is 0 Å². The summed E-state index contributed by atoms with van der Waals surface area (Å²) in [6.45, 7) is 6.21. The lowest BCUT2D eigenvalue weighted by molar-refractivity contribution is -0.251. The smallest absolute Gasteiger partial charge is 0.303 e. The lowest BCUT2D eigenvalue weighted by Crippen LogP contribution is -2.62. The maximum atomic E-state index is 12.3. The quantitative estimate of drug-likeness (QED) is 0.0963. The van der Waals surface area contributed by atoms with Gasteiger partial charge in [-0.2, -0.15) is 0 Å². The van der Waals surface area contributed by atoms with Crippen LogP contribution < -0.4 is 5.32 Å². The van der Waals surface area contributed by atoms with Crippen molar-refractivity contribution >= 4 is 69.9 Å². The molecule has 0 saturated carbocycles. The average Bonchev–Trinajstić information content (AvgIpc) is 3.56. The van der Waals surface area contributed by atoms with Gasteiger partial charge in [-0.15, -0.1) is 10.2 Å². The lowest BCUT2D eigenvalue weighted by atomic mass is 9.92. The van der Waals surface area contributed by atoms with Crippen molar-refractivity contribution in [2.24, 2.45) is 0 Å². The van der Waals surface area contributed by atoms with Crippen molar-refractivity contribution in [3.05, 3.63) is 70.2 Å². The first-order chi connectivity index (χ1) is 26.3. The van der Waals surface area contributed by atoms with Crippen LogP contribution in [0.3, 0.4) is 0 Å². The molecule has 3 aromatic rings. The molecule has 1 aromatic heterocycles. The largest absolute Gasteiger partial charge is 0.463 e. The van der Waals surface area contributed by atoms with Crippen LogP contribution >= 0.6 is 35.3 Å². The lowest BCUT2D eigenvalue weighted by Gasteiger charge is -2.44. The van der Waals surface area contributed by atoms with E-state index < -0.39 is 60.7 Å². The Bertz CT molecular complexity index is 1830. The first-order valence-electron chi connectivity index (χ1n) is 17.4. The number of nitrogens with zero attached hydrogens (tertiary/aromatic N) is 2. The summed E-state index contributed by atoms with van der Waals surface area (Å²) in [4.78, 5) is 48.6. The average molecular weight is 818 g/mol. The van der Waals surface area contributed by atoms with Crippen LogP contribution in [0.1, 0.15) is 74.6 Å². The summed E-state index contributed by atoms with van der Waals surface area (Å²) < 4.78 is 41.9. The number of thiocarbonyl (C=S) groups is 1. The minimum atomic E-state index is -1.30. The molecule has 15 nitrogen and oxygen atoms in total. The van der Waals surface area contributed by atoms with Gasteiger partial charge in [-0.3, -0.25) is 19.2 Å². The van der Waals surface area contributed by atoms with Crippen molar-refractivity contribution in [3.8, 4) is 0 Å². The molecule has 0 spiro atoms. The molecule has 3 heterocycles. The van der Waals surface area contributed by atoms with Crippen molar-refractivity contribution in [2.45, 2.75) is 107 Å². The van der Waals surface area contributed by atoms with Gasteiger partial charge in [0.2, 0.25) is 0 Å². The molecule has 1 unspecified atom stereocenters. The number of ether oxygens (including phenoxy) is 7. The standard InChI is InChI=1S/C37H43N3O12S3/c1-19-39-40-37(55-19)54-18-28-14-29(25-11-9-24(16-41)10-12-25)52-36(50-28)26-7-6-8-27(13-26)38-32(53)15-30-33(47-21(3)43)35(49-23(5)45)34(48-22(4)44)31(51-30)17-46-20(2)42/h6-13,28-31,33-36,41H,14-18H2,1-5H3,(H,38,53)/t28-,29+,30-,31+,33-,34+,35+,36?/m0/s1. The van der Waals surface area contributed by atoms with Crippen molar-refractivity contribution < 1.29 is 57.4 Å². The number of aryl methyl sites for hydroxylation is 1. The number of aliphatic hydroxyl groups is 1. The summed E-state index contributed by atoms with van der Waals surface area (Å²) in [6.07, 6.45) is -6.59. The monoisotopic (exact) mass is 817 g/mol. The van der Waals surface area contributed by atoms with E-state index in [4.69, 9.17) is 45.4 Å².